The number of hydrogen-bond donors (Lipinski definition) is 4. The van der Waals surface area contributed by atoms with Crippen molar-refractivity contribution in [3.05, 3.63) is 0 Å². The van der Waals surface area contributed by atoms with Gasteiger partial charge in [-0.15, -0.1) is 0 Å². The molecule has 0 saturated carbocycles. The molecular formula is C12H17N5O5. The molecule has 1 amide bonds. The van der Waals surface area contributed by atoms with Gasteiger partial charge in [0, 0.05) is 7.11 Å². The second-order valence-corrected chi connectivity index (χ2v) is 5.20. The Morgan fingerprint density at radius 2 is 2.27 bits per heavy atom. The van der Waals surface area contributed by atoms with Crippen LogP contribution in [-0.4, -0.2) is 82.9 Å². The highest BCUT2D eigenvalue weighted by Crippen LogP contribution is 2.30. The summed E-state index contributed by atoms with van der Waals surface area (Å²) in [5, 5.41) is 29.3. The number of ether oxygens (including phenoxy) is 2. The first-order chi connectivity index (χ1) is 10.5. The number of nitrogens with zero attached hydrogens (tertiary/aromatic N) is 3. The summed E-state index contributed by atoms with van der Waals surface area (Å²) < 4.78 is 10.9. The Morgan fingerprint density at radius 1 is 1.55 bits per heavy atom. The largest absolute Gasteiger partial charge is 0.394 e. The molecule has 10 heteroatoms. The molecule has 3 heterocycles. The zero-order valence-electron chi connectivity index (χ0n) is 12.1. The topological polar surface area (TPSA) is 140 Å². The van der Waals surface area contributed by atoms with Gasteiger partial charge in [0.15, 0.2) is 18.1 Å². The van der Waals surface area contributed by atoms with Crippen LogP contribution < -0.4 is 5.32 Å². The number of amides is 1. The number of carbonyl (C=O) groups is 1. The summed E-state index contributed by atoms with van der Waals surface area (Å²) in [4.78, 5) is 21.7. The average Bonchev–Trinajstić information content (AvgIpc) is 2.95. The van der Waals surface area contributed by atoms with Crippen LogP contribution in [0.5, 0.6) is 0 Å². The molecule has 1 fully saturated rings. The molecule has 0 spiro atoms. The summed E-state index contributed by atoms with van der Waals surface area (Å²) >= 11 is 0. The van der Waals surface area contributed by atoms with Crippen molar-refractivity contribution in [2.24, 2.45) is 9.98 Å². The van der Waals surface area contributed by atoms with E-state index in [-0.39, 0.29) is 18.4 Å². The molecule has 10 nitrogen and oxygen atoms in total. The van der Waals surface area contributed by atoms with E-state index in [1.807, 2.05) is 0 Å². The maximum absolute atomic E-state index is 11.9. The van der Waals surface area contributed by atoms with Gasteiger partial charge in [-0.25, -0.2) is 0 Å². The molecule has 5 atom stereocenters. The lowest BCUT2D eigenvalue weighted by atomic mass is 10.1. The van der Waals surface area contributed by atoms with E-state index >= 15 is 0 Å². The summed E-state index contributed by atoms with van der Waals surface area (Å²) in [5.74, 6) is -0.00373. The van der Waals surface area contributed by atoms with Crippen LogP contribution in [0.25, 0.3) is 0 Å². The van der Waals surface area contributed by atoms with Gasteiger partial charge in [0.05, 0.1) is 6.61 Å². The molecule has 0 bridgehead atoms. The SMILES string of the molecule is CO[C@@H]1[C@H](O)[C@@H](CO)O[C@H]1N1C(C)=NC2C(=O)NC(=N)N=C21. The minimum Gasteiger partial charge on any atom is -0.394 e. The fraction of sp³-hybridized carbons (Fsp3) is 0.667. The standard InChI is InChI=1S/C12H17N5O5/c1-4-14-6-9(15-12(13)16-10(6)20)17(4)11-8(21-2)7(19)5(3-18)22-11/h5-8,11,18-19H,3H2,1-2H3,(H2,13,16,20)/t5-,6?,7-,8-,11-/m1/s1. The predicted molar refractivity (Wildman–Crippen MR) is 74.6 cm³/mol. The average molecular weight is 311 g/mol. The van der Waals surface area contributed by atoms with Crippen molar-refractivity contribution in [1.29, 1.82) is 5.41 Å². The van der Waals surface area contributed by atoms with Crippen molar-refractivity contribution >= 4 is 23.5 Å². The smallest absolute Gasteiger partial charge is 0.259 e. The summed E-state index contributed by atoms with van der Waals surface area (Å²) in [6.07, 6.45) is -3.37. The number of aliphatic hydroxyl groups excluding tert-OH is 2. The van der Waals surface area contributed by atoms with Gasteiger partial charge >= 0.3 is 0 Å². The van der Waals surface area contributed by atoms with Gasteiger partial charge in [-0.3, -0.25) is 25.4 Å². The van der Waals surface area contributed by atoms with Gasteiger partial charge in [-0.1, -0.05) is 0 Å². The fourth-order valence-electron chi connectivity index (χ4n) is 2.87. The first kappa shape index (κ1) is 15.0. The lowest BCUT2D eigenvalue weighted by Gasteiger charge is -2.31. The van der Waals surface area contributed by atoms with Crippen LogP contribution in [0.3, 0.4) is 0 Å². The van der Waals surface area contributed by atoms with Crippen molar-refractivity contribution in [3.63, 3.8) is 0 Å². The highest BCUT2D eigenvalue weighted by Gasteiger charge is 2.52. The second-order valence-electron chi connectivity index (χ2n) is 5.20. The van der Waals surface area contributed by atoms with Crippen molar-refractivity contribution < 1.29 is 24.5 Å². The molecule has 0 radical (unpaired) electrons. The Balaban J connectivity index is 1.95. The molecular weight excluding hydrogens is 294 g/mol. The molecule has 3 aliphatic rings. The molecule has 0 aromatic carbocycles. The van der Waals surface area contributed by atoms with Gasteiger partial charge in [-0.2, -0.15) is 4.99 Å². The Labute approximate surface area is 125 Å². The number of aliphatic imine (C=N–C) groups is 2. The Morgan fingerprint density at radius 3 is 2.91 bits per heavy atom. The molecule has 0 aromatic rings. The highest BCUT2D eigenvalue weighted by molar-refractivity contribution is 6.25. The number of guanidine groups is 1. The van der Waals surface area contributed by atoms with E-state index in [0.717, 1.165) is 0 Å². The third kappa shape index (κ3) is 2.11. The molecule has 3 aliphatic heterocycles. The van der Waals surface area contributed by atoms with Crippen LogP contribution in [0.1, 0.15) is 6.92 Å². The number of aliphatic hydroxyl groups is 2. The van der Waals surface area contributed by atoms with Crippen LogP contribution >= 0.6 is 0 Å². The maximum atomic E-state index is 11.9. The summed E-state index contributed by atoms with van der Waals surface area (Å²) in [6.45, 7) is 1.31. The molecule has 1 saturated heterocycles. The molecule has 22 heavy (non-hydrogen) atoms. The number of hydrogen-bond acceptors (Lipinski definition) is 8. The second kappa shape index (κ2) is 5.39. The van der Waals surface area contributed by atoms with Crippen LogP contribution in [-0.2, 0) is 14.3 Å². The first-order valence-corrected chi connectivity index (χ1v) is 6.76. The van der Waals surface area contributed by atoms with Crippen molar-refractivity contribution in [2.75, 3.05) is 13.7 Å². The third-order valence-electron chi connectivity index (χ3n) is 3.89. The summed E-state index contributed by atoms with van der Waals surface area (Å²) in [7, 11) is 1.42. The number of nitrogens with one attached hydrogen (secondary N) is 2. The number of amidine groups is 2. The van der Waals surface area contributed by atoms with Gasteiger partial charge in [-0.05, 0) is 6.92 Å². The molecule has 0 aromatic heterocycles. The van der Waals surface area contributed by atoms with Crippen LogP contribution in [0, 0.1) is 5.41 Å². The normalized spacial score (nSPS) is 37.8. The van der Waals surface area contributed by atoms with E-state index in [9.17, 15) is 15.0 Å². The van der Waals surface area contributed by atoms with E-state index in [1.165, 1.54) is 12.0 Å². The predicted octanol–water partition coefficient (Wildman–Crippen LogP) is -2.35. The van der Waals surface area contributed by atoms with Crippen LogP contribution in [0.15, 0.2) is 9.98 Å². The Bertz CT molecular complexity index is 576. The van der Waals surface area contributed by atoms with Crippen molar-refractivity contribution in [3.8, 4) is 0 Å². The fourth-order valence-corrected chi connectivity index (χ4v) is 2.87. The lowest BCUT2D eigenvalue weighted by Crippen LogP contribution is -2.54. The Kier molecular flexibility index (Phi) is 3.68. The zero-order valence-corrected chi connectivity index (χ0v) is 12.1. The Hall–Kier alpha value is -1.88. The van der Waals surface area contributed by atoms with Crippen LogP contribution in [0.2, 0.25) is 0 Å². The molecule has 1 unspecified atom stereocenters. The van der Waals surface area contributed by atoms with E-state index in [0.29, 0.717) is 5.84 Å². The molecule has 3 rings (SSSR count). The van der Waals surface area contributed by atoms with E-state index in [1.54, 1.807) is 6.92 Å². The number of carbonyl (C=O) groups excluding carboxylic acids is 1. The van der Waals surface area contributed by atoms with Gasteiger partial charge < -0.3 is 19.7 Å². The van der Waals surface area contributed by atoms with Gasteiger partial charge in [0.1, 0.15) is 24.1 Å². The van der Waals surface area contributed by atoms with E-state index in [4.69, 9.17) is 14.9 Å². The molecule has 120 valence electrons. The lowest BCUT2D eigenvalue weighted by molar-refractivity contribution is -0.119. The molecule has 4 N–H and O–H groups in total. The quantitative estimate of drug-likeness (QED) is 0.460. The summed E-state index contributed by atoms with van der Waals surface area (Å²) in [6, 6.07) is -0.847. The minimum absolute atomic E-state index is 0.254. The van der Waals surface area contributed by atoms with E-state index < -0.39 is 36.5 Å². The van der Waals surface area contributed by atoms with Crippen molar-refractivity contribution in [2.45, 2.75) is 37.5 Å². The monoisotopic (exact) mass is 311 g/mol. The van der Waals surface area contributed by atoms with Gasteiger partial charge in [0.25, 0.3) is 5.91 Å². The number of fused-ring (bicyclic) bond motifs is 1. The highest BCUT2D eigenvalue weighted by atomic mass is 16.6. The third-order valence-corrected chi connectivity index (χ3v) is 3.89. The molecule has 0 aliphatic carbocycles. The van der Waals surface area contributed by atoms with Crippen LogP contribution in [0.4, 0.5) is 0 Å². The summed E-state index contributed by atoms with van der Waals surface area (Å²) in [5.41, 5.74) is 0. The van der Waals surface area contributed by atoms with E-state index in [2.05, 4.69) is 15.3 Å². The first-order valence-electron chi connectivity index (χ1n) is 6.76. The zero-order chi connectivity index (χ0) is 16.0. The minimum atomic E-state index is -1.02. The maximum Gasteiger partial charge on any atom is 0.259 e. The number of rotatable bonds is 3. The van der Waals surface area contributed by atoms with Gasteiger partial charge in [0.2, 0.25) is 5.96 Å². The van der Waals surface area contributed by atoms with Crippen molar-refractivity contribution in [1.82, 2.24) is 10.2 Å². The number of methoxy groups -OCH3 is 1.